The number of benzene rings is 3. The molecular formula is C26H25N3O5S. The van der Waals surface area contributed by atoms with E-state index in [1.807, 2.05) is 66.7 Å². The molecule has 0 aliphatic carbocycles. The third-order valence-electron chi connectivity index (χ3n) is 5.70. The van der Waals surface area contributed by atoms with Gasteiger partial charge in [0.05, 0.1) is 25.0 Å². The molecule has 0 saturated carbocycles. The fourth-order valence-corrected chi connectivity index (χ4v) is 5.07. The predicted molar refractivity (Wildman–Crippen MR) is 133 cm³/mol. The Labute approximate surface area is 204 Å². The summed E-state index contributed by atoms with van der Waals surface area (Å²) in [5.41, 5.74) is 3.15. The fourth-order valence-electron chi connectivity index (χ4n) is 3.96. The van der Waals surface area contributed by atoms with Gasteiger partial charge in [0.25, 0.3) is 0 Å². The lowest BCUT2D eigenvalue weighted by Gasteiger charge is -2.13. The SMILES string of the molecule is COc1nn(Cc2ccccc2)c(NS(=O)(=O)CCc2ccccc2)c1-c1ccc2c(c1)OCO2. The van der Waals surface area contributed by atoms with Crippen molar-refractivity contribution in [3.63, 3.8) is 0 Å². The molecule has 9 heteroatoms. The fraction of sp³-hybridized carbons (Fsp3) is 0.192. The first-order chi connectivity index (χ1) is 17.0. The van der Waals surface area contributed by atoms with Crippen LogP contribution in [0, 0.1) is 0 Å². The first-order valence-electron chi connectivity index (χ1n) is 11.2. The number of methoxy groups -OCH3 is 1. The molecule has 1 N–H and O–H groups in total. The van der Waals surface area contributed by atoms with E-state index in [2.05, 4.69) is 9.82 Å². The van der Waals surface area contributed by atoms with E-state index < -0.39 is 10.0 Å². The highest BCUT2D eigenvalue weighted by Gasteiger charge is 2.26. The van der Waals surface area contributed by atoms with Gasteiger partial charge in [0.1, 0.15) is 5.82 Å². The summed E-state index contributed by atoms with van der Waals surface area (Å²) >= 11 is 0. The third-order valence-corrected chi connectivity index (χ3v) is 6.95. The van der Waals surface area contributed by atoms with Gasteiger partial charge in [-0.15, -0.1) is 5.10 Å². The molecule has 3 aromatic carbocycles. The van der Waals surface area contributed by atoms with Gasteiger partial charge < -0.3 is 14.2 Å². The molecule has 1 aliphatic heterocycles. The third kappa shape index (κ3) is 5.09. The van der Waals surface area contributed by atoms with Crippen LogP contribution in [-0.4, -0.2) is 37.9 Å². The van der Waals surface area contributed by atoms with Crippen LogP contribution in [0.4, 0.5) is 5.82 Å². The Morgan fingerprint density at radius 1 is 0.943 bits per heavy atom. The van der Waals surface area contributed by atoms with Crippen LogP contribution in [-0.2, 0) is 23.0 Å². The Balaban J connectivity index is 1.54. The summed E-state index contributed by atoms with van der Waals surface area (Å²) in [6.45, 7) is 0.500. The molecule has 0 spiro atoms. The van der Waals surface area contributed by atoms with E-state index in [9.17, 15) is 8.42 Å². The lowest BCUT2D eigenvalue weighted by atomic mass is 10.1. The molecule has 0 atom stereocenters. The molecule has 35 heavy (non-hydrogen) atoms. The molecule has 0 saturated heterocycles. The second kappa shape index (κ2) is 9.71. The van der Waals surface area contributed by atoms with Gasteiger partial charge in [-0.1, -0.05) is 66.7 Å². The molecule has 1 aromatic heterocycles. The number of aromatic nitrogens is 2. The molecule has 0 amide bonds. The summed E-state index contributed by atoms with van der Waals surface area (Å²) in [5.74, 6) is 1.78. The molecule has 0 bridgehead atoms. The molecule has 0 radical (unpaired) electrons. The Bertz CT molecular complexity index is 1420. The summed E-state index contributed by atoms with van der Waals surface area (Å²) in [4.78, 5) is 0. The van der Waals surface area contributed by atoms with Crippen LogP contribution in [0.1, 0.15) is 11.1 Å². The number of hydrogen-bond donors (Lipinski definition) is 1. The molecule has 2 heterocycles. The van der Waals surface area contributed by atoms with Crippen LogP contribution in [0.25, 0.3) is 11.1 Å². The molecule has 0 fully saturated rings. The van der Waals surface area contributed by atoms with Crippen molar-refractivity contribution in [1.82, 2.24) is 9.78 Å². The molecular weight excluding hydrogens is 466 g/mol. The van der Waals surface area contributed by atoms with Crippen molar-refractivity contribution in [1.29, 1.82) is 0 Å². The number of anilines is 1. The lowest BCUT2D eigenvalue weighted by molar-refractivity contribution is 0.174. The first-order valence-corrected chi connectivity index (χ1v) is 12.8. The van der Waals surface area contributed by atoms with E-state index in [0.29, 0.717) is 47.3 Å². The van der Waals surface area contributed by atoms with Crippen LogP contribution in [0.3, 0.4) is 0 Å². The Kier molecular flexibility index (Phi) is 6.33. The van der Waals surface area contributed by atoms with Crippen molar-refractivity contribution < 1.29 is 22.6 Å². The average Bonchev–Trinajstić information content (AvgIpc) is 3.48. The lowest BCUT2D eigenvalue weighted by Crippen LogP contribution is -2.21. The first kappa shape index (κ1) is 22.8. The predicted octanol–water partition coefficient (Wildman–Crippen LogP) is 4.32. The summed E-state index contributed by atoms with van der Waals surface area (Å²) in [7, 11) is -2.19. The molecule has 1 aliphatic rings. The van der Waals surface area contributed by atoms with Gasteiger partial charge in [-0.25, -0.2) is 13.1 Å². The summed E-state index contributed by atoms with van der Waals surface area (Å²) < 4.78 is 47.4. The van der Waals surface area contributed by atoms with Crippen LogP contribution in [0.2, 0.25) is 0 Å². The number of nitrogens with zero attached hydrogens (tertiary/aromatic N) is 2. The van der Waals surface area contributed by atoms with Crippen molar-refractivity contribution in [3.8, 4) is 28.5 Å². The summed E-state index contributed by atoms with van der Waals surface area (Å²) in [6.07, 6.45) is 0.388. The minimum atomic E-state index is -3.71. The Hall–Kier alpha value is -3.98. The highest BCUT2D eigenvalue weighted by Crippen LogP contribution is 2.42. The van der Waals surface area contributed by atoms with Gasteiger partial charge in [-0.2, -0.15) is 0 Å². The van der Waals surface area contributed by atoms with Gasteiger partial charge in [0.15, 0.2) is 11.5 Å². The quantitative estimate of drug-likeness (QED) is 0.375. The van der Waals surface area contributed by atoms with Crippen LogP contribution in [0.15, 0.2) is 78.9 Å². The minimum absolute atomic E-state index is 0.0730. The monoisotopic (exact) mass is 491 g/mol. The number of rotatable bonds is 9. The van der Waals surface area contributed by atoms with Crippen molar-refractivity contribution in [3.05, 3.63) is 90.0 Å². The molecule has 180 valence electrons. The zero-order valence-corrected chi connectivity index (χ0v) is 20.0. The molecule has 0 unspecified atom stereocenters. The van der Waals surface area contributed by atoms with E-state index >= 15 is 0 Å². The van der Waals surface area contributed by atoms with E-state index in [4.69, 9.17) is 14.2 Å². The van der Waals surface area contributed by atoms with Crippen molar-refractivity contribution in [2.75, 3.05) is 24.4 Å². The van der Waals surface area contributed by atoms with E-state index in [1.165, 1.54) is 7.11 Å². The number of aryl methyl sites for hydroxylation is 1. The molecule has 8 nitrogen and oxygen atoms in total. The Morgan fingerprint density at radius 2 is 1.63 bits per heavy atom. The average molecular weight is 492 g/mol. The standard InChI is InChI=1S/C26H25N3O5S/c1-32-26-24(21-12-13-22-23(16-21)34-18-33-22)25(29(27-26)17-20-10-6-3-7-11-20)28-35(30,31)15-14-19-8-4-2-5-9-19/h2-13,16,28H,14-15,17-18H2,1H3. The largest absolute Gasteiger partial charge is 0.479 e. The maximum atomic E-state index is 13.2. The second-order valence-corrected chi connectivity index (χ2v) is 9.94. The van der Waals surface area contributed by atoms with Gasteiger partial charge in [0.2, 0.25) is 22.7 Å². The van der Waals surface area contributed by atoms with Crippen LogP contribution < -0.4 is 18.9 Å². The summed E-state index contributed by atoms with van der Waals surface area (Å²) in [5, 5.41) is 4.59. The van der Waals surface area contributed by atoms with Crippen molar-refractivity contribution in [2.45, 2.75) is 13.0 Å². The maximum absolute atomic E-state index is 13.2. The van der Waals surface area contributed by atoms with Gasteiger partial charge in [-0.05, 0) is 35.2 Å². The Morgan fingerprint density at radius 3 is 2.34 bits per heavy atom. The topological polar surface area (TPSA) is 91.7 Å². The van der Waals surface area contributed by atoms with Gasteiger partial charge >= 0.3 is 0 Å². The number of fused-ring (bicyclic) bond motifs is 1. The zero-order chi connectivity index (χ0) is 24.3. The highest BCUT2D eigenvalue weighted by atomic mass is 32.2. The second-order valence-electron chi connectivity index (χ2n) is 8.10. The van der Waals surface area contributed by atoms with Gasteiger partial charge in [0, 0.05) is 0 Å². The summed E-state index contributed by atoms with van der Waals surface area (Å²) in [6, 6.07) is 24.7. The number of hydrogen-bond acceptors (Lipinski definition) is 6. The van der Waals surface area contributed by atoms with Gasteiger partial charge in [-0.3, -0.25) is 4.72 Å². The van der Waals surface area contributed by atoms with Crippen LogP contribution in [0.5, 0.6) is 17.4 Å². The number of ether oxygens (including phenoxy) is 3. The molecule has 5 rings (SSSR count). The van der Waals surface area contributed by atoms with Crippen molar-refractivity contribution >= 4 is 15.8 Å². The van der Waals surface area contributed by atoms with E-state index in [0.717, 1.165) is 11.1 Å². The normalized spacial score (nSPS) is 12.5. The number of sulfonamides is 1. The van der Waals surface area contributed by atoms with Crippen molar-refractivity contribution in [2.24, 2.45) is 0 Å². The van der Waals surface area contributed by atoms with E-state index in [-0.39, 0.29) is 12.5 Å². The zero-order valence-electron chi connectivity index (χ0n) is 19.2. The minimum Gasteiger partial charge on any atom is -0.479 e. The maximum Gasteiger partial charge on any atom is 0.242 e. The van der Waals surface area contributed by atoms with E-state index in [1.54, 1.807) is 16.8 Å². The van der Waals surface area contributed by atoms with Crippen LogP contribution >= 0.6 is 0 Å². The highest BCUT2D eigenvalue weighted by molar-refractivity contribution is 7.92. The smallest absolute Gasteiger partial charge is 0.242 e. The number of nitrogens with one attached hydrogen (secondary N) is 1. The molecule has 4 aromatic rings.